The smallest absolute Gasteiger partial charge is 0.326 e. The largest absolute Gasteiger partial charge is 0.420 e. The maximum atomic E-state index is 13.6. The molecular formula is C37H40BrF3N2O4. The molecule has 2 aromatic carbocycles. The van der Waals surface area contributed by atoms with Gasteiger partial charge in [0.1, 0.15) is 5.57 Å². The number of rotatable bonds is 4. The van der Waals surface area contributed by atoms with E-state index in [1.165, 1.54) is 30.5 Å². The van der Waals surface area contributed by atoms with Crippen molar-refractivity contribution in [1.29, 1.82) is 0 Å². The first-order chi connectivity index (χ1) is 22.0. The van der Waals surface area contributed by atoms with Crippen molar-refractivity contribution in [3.05, 3.63) is 67.7 Å². The number of hydrogen-bond acceptors (Lipinski definition) is 4. The average Bonchev–Trinajstić information content (AvgIpc) is 3.52. The molecule has 4 aliphatic carbocycles. The molecule has 0 radical (unpaired) electrons. The highest BCUT2D eigenvalue weighted by molar-refractivity contribution is 9.12. The van der Waals surface area contributed by atoms with Gasteiger partial charge in [0.15, 0.2) is 11.6 Å². The van der Waals surface area contributed by atoms with Gasteiger partial charge in [-0.2, -0.15) is 13.2 Å². The van der Waals surface area contributed by atoms with Crippen LogP contribution in [0.3, 0.4) is 0 Å². The van der Waals surface area contributed by atoms with Gasteiger partial charge in [-0.1, -0.05) is 26.0 Å². The molecule has 47 heavy (non-hydrogen) atoms. The predicted octanol–water partition coefficient (Wildman–Crippen LogP) is 8.96. The second-order valence-corrected chi connectivity index (χ2v) is 14.1. The standard InChI is InChI=1S/C19H20F3NO2.C18H20BrNO2/c1-4-18-8-7-15(25)17(19(20,21)22)16(18)12-5-6-14(23-11(3)24)10(2)13(12)9-18;1-4-18-8-7-15(22)17(19)16(18)12-5-6-14(20-11(3)21)10(2)13(12)9-18/h5-6H,4,7-9H2,1-3H3,(H,23,24);5-6H,4,7-9H2,1-3H3,(H,20,21). The zero-order valence-corrected chi connectivity index (χ0v) is 29.2. The van der Waals surface area contributed by atoms with E-state index in [1.54, 1.807) is 19.1 Å². The predicted molar refractivity (Wildman–Crippen MR) is 181 cm³/mol. The van der Waals surface area contributed by atoms with Gasteiger partial charge < -0.3 is 10.6 Å². The van der Waals surface area contributed by atoms with Crippen LogP contribution in [0.1, 0.15) is 99.6 Å². The molecule has 6 rings (SSSR count). The van der Waals surface area contributed by atoms with E-state index < -0.39 is 22.9 Å². The number of nitrogens with one attached hydrogen (secondary N) is 2. The molecule has 0 aromatic heterocycles. The minimum Gasteiger partial charge on any atom is -0.326 e. The number of amides is 2. The van der Waals surface area contributed by atoms with Crippen LogP contribution in [-0.4, -0.2) is 29.6 Å². The fourth-order valence-corrected chi connectivity index (χ4v) is 9.00. The Kier molecular flexibility index (Phi) is 9.25. The number of ketones is 2. The summed E-state index contributed by atoms with van der Waals surface area (Å²) >= 11 is 3.55. The van der Waals surface area contributed by atoms with Crippen molar-refractivity contribution in [1.82, 2.24) is 0 Å². The Morgan fingerprint density at radius 2 is 1.19 bits per heavy atom. The normalized spacial score (nSPS) is 23.0. The molecule has 0 heterocycles. The number of fused-ring (bicyclic) bond motifs is 6. The lowest BCUT2D eigenvalue weighted by Gasteiger charge is -2.36. The minimum atomic E-state index is -4.65. The van der Waals surface area contributed by atoms with Crippen LogP contribution in [0.5, 0.6) is 0 Å². The summed E-state index contributed by atoms with van der Waals surface area (Å²) in [7, 11) is 0. The maximum absolute atomic E-state index is 13.6. The maximum Gasteiger partial charge on any atom is 0.420 e. The Morgan fingerprint density at radius 1 is 0.766 bits per heavy atom. The van der Waals surface area contributed by atoms with Gasteiger partial charge in [-0.3, -0.25) is 19.2 Å². The SMILES string of the molecule is CCC12CCC(=O)C(Br)=C1c1ccc(NC(C)=O)c(C)c1C2.CCC12CCC(=O)C(C(F)(F)F)=C1c1ccc(NC(C)=O)c(C)c1C2. The molecule has 0 aliphatic heterocycles. The van der Waals surface area contributed by atoms with E-state index in [1.807, 2.05) is 13.0 Å². The van der Waals surface area contributed by atoms with Gasteiger partial charge in [-0.15, -0.1) is 0 Å². The van der Waals surface area contributed by atoms with E-state index in [9.17, 15) is 32.3 Å². The van der Waals surface area contributed by atoms with Gasteiger partial charge in [0.25, 0.3) is 0 Å². The summed E-state index contributed by atoms with van der Waals surface area (Å²) in [6.45, 7) is 10.9. The Bertz CT molecular complexity index is 1790. The number of carbonyl (C=O) groups excluding carboxylic acids is 4. The Morgan fingerprint density at radius 3 is 1.62 bits per heavy atom. The van der Waals surface area contributed by atoms with Gasteiger partial charge in [0.2, 0.25) is 11.8 Å². The third-order valence-electron chi connectivity index (χ3n) is 10.7. The fraction of sp³-hybridized carbons (Fsp3) is 0.459. The van der Waals surface area contributed by atoms with Crippen molar-refractivity contribution in [2.24, 2.45) is 10.8 Å². The quantitative estimate of drug-likeness (QED) is 0.331. The Hall–Kier alpha value is -3.53. The highest BCUT2D eigenvalue weighted by Gasteiger charge is 2.53. The van der Waals surface area contributed by atoms with Crippen LogP contribution in [0.15, 0.2) is 34.3 Å². The number of Topliss-reactive ketones (excluding diaryl/α,β-unsaturated/α-hetero) is 2. The molecule has 2 atom stereocenters. The zero-order valence-electron chi connectivity index (χ0n) is 27.6. The molecule has 0 spiro atoms. The number of benzene rings is 2. The van der Waals surface area contributed by atoms with Crippen molar-refractivity contribution in [2.75, 3.05) is 10.6 Å². The highest BCUT2D eigenvalue weighted by atomic mass is 79.9. The molecule has 2 unspecified atom stereocenters. The average molecular weight is 714 g/mol. The molecule has 0 fully saturated rings. The molecule has 2 N–H and O–H groups in total. The number of halogens is 4. The molecule has 10 heteroatoms. The monoisotopic (exact) mass is 712 g/mol. The molecule has 6 nitrogen and oxygen atoms in total. The minimum absolute atomic E-state index is 0.0563. The van der Waals surface area contributed by atoms with Crippen LogP contribution in [0.2, 0.25) is 0 Å². The van der Waals surface area contributed by atoms with Crippen molar-refractivity contribution >= 4 is 61.8 Å². The van der Waals surface area contributed by atoms with E-state index >= 15 is 0 Å². The zero-order chi connectivity index (χ0) is 34.6. The van der Waals surface area contributed by atoms with Crippen molar-refractivity contribution in [3.8, 4) is 0 Å². The van der Waals surface area contributed by atoms with Gasteiger partial charge in [-0.05, 0) is 125 Å². The van der Waals surface area contributed by atoms with Gasteiger partial charge in [0, 0.05) is 48.9 Å². The van der Waals surface area contributed by atoms with Crippen LogP contribution in [-0.2, 0) is 32.0 Å². The summed E-state index contributed by atoms with van der Waals surface area (Å²) in [5.41, 5.74) is 6.91. The lowest BCUT2D eigenvalue weighted by molar-refractivity contribution is -0.130. The van der Waals surface area contributed by atoms with E-state index in [2.05, 4.69) is 46.5 Å². The first kappa shape index (κ1) is 34.8. The summed E-state index contributed by atoms with van der Waals surface area (Å²) < 4.78 is 41.7. The van der Waals surface area contributed by atoms with Crippen LogP contribution >= 0.6 is 15.9 Å². The first-order valence-electron chi connectivity index (χ1n) is 16.1. The number of carbonyl (C=O) groups is 4. The van der Waals surface area contributed by atoms with Gasteiger partial charge in [0.05, 0.1) is 4.48 Å². The van der Waals surface area contributed by atoms with Gasteiger partial charge in [-0.25, -0.2) is 0 Å². The molecule has 0 saturated heterocycles. The number of allylic oxidation sites excluding steroid dienone is 4. The van der Waals surface area contributed by atoms with Crippen molar-refractivity contribution in [2.45, 2.75) is 99.1 Å². The Labute approximate surface area is 281 Å². The van der Waals surface area contributed by atoms with Gasteiger partial charge >= 0.3 is 6.18 Å². The summed E-state index contributed by atoms with van der Waals surface area (Å²) in [4.78, 5) is 47.0. The van der Waals surface area contributed by atoms with Crippen molar-refractivity contribution < 1.29 is 32.3 Å². The summed E-state index contributed by atoms with van der Waals surface area (Å²) in [5.74, 6) is -0.896. The molecule has 250 valence electrons. The van der Waals surface area contributed by atoms with E-state index in [0.717, 1.165) is 46.1 Å². The van der Waals surface area contributed by atoms with E-state index in [4.69, 9.17) is 0 Å². The van der Waals surface area contributed by atoms with E-state index in [-0.39, 0.29) is 35.0 Å². The molecule has 0 saturated carbocycles. The second-order valence-electron chi connectivity index (χ2n) is 13.3. The Balaban J connectivity index is 0.000000186. The number of alkyl halides is 3. The van der Waals surface area contributed by atoms with Crippen LogP contribution < -0.4 is 10.6 Å². The van der Waals surface area contributed by atoms with Crippen LogP contribution in [0.25, 0.3) is 11.1 Å². The first-order valence-corrected chi connectivity index (χ1v) is 16.9. The van der Waals surface area contributed by atoms with Crippen LogP contribution in [0.4, 0.5) is 24.5 Å². The molecule has 2 aromatic rings. The second kappa shape index (κ2) is 12.5. The van der Waals surface area contributed by atoms with E-state index in [0.29, 0.717) is 36.9 Å². The summed E-state index contributed by atoms with van der Waals surface area (Å²) in [5, 5.41) is 5.62. The number of hydrogen-bond donors (Lipinski definition) is 2. The van der Waals surface area contributed by atoms with Crippen molar-refractivity contribution in [3.63, 3.8) is 0 Å². The lowest BCUT2D eigenvalue weighted by atomic mass is 9.68. The molecule has 4 aliphatic rings. The third kappa shape index (κ3) is 5.91. The highest BCUT2D eigenvalue weighted by Crippen LogP contribution is 2.59. The molecule has 0 bridgehead atoms. The number of anilines is 2. The summed E-state index contributed by atoms with van der Waals surface area (Å²) in [6.07, 6.45) is 0.223. The topological polar surface area (TPSA) is 92.3 Å². The lowest BCUT2D eigenvalue weighted by Crippen LogP contribution is -2.33. The third-order valence-corrected chi connectivity index (χ3v) is 11.6. The van der Waals surface area contributed by atoms with Crippen LogP contribution in [0, 0.1) is 24.7 Å². The summed E-state index contributed by atoms with van der Waals surface area (Å²) in [6, 6.07) is 7.25. The fourth-order valence-electron chi connectivity index (χ4n) is 8.17. The molecule has 2 amide bonds. The molecular weight excluding hydrogens is 673 g/mol.